The van der Waals surface area contributed by atoms with Crippen molar-refractivity contribution in [3.8, 4) is 5.75 Å². The van der Waals surface area contributed by atoms with E-state index in [9.17, 15) is 4.79 Å². The molecule has 0 aliphatic carbocycles. The van der Waals surface area contributed by atoms with Gasteiger partial charge in [-0.15, -0.1) is 0 Å². The number of nitrogens with zero attached hydrogens (tertiary/aromatic N) is 1. The van der Waals surface area contributed by atoms with E-state index < -0.39 is 6.04 Å². The molecular formula is C24H32N4O3. The minimum absolute atomic E-state index is 0.00413. The molecule has 1 atom stereocenters. The quantitative estimate of drug-likeness (QED) is 0.306. The first kappa shape index (κ1) is 22.6. The first-order chi connectivity index (χ1) is 15.0. The van der Waals surface area contributed by atoms with E-state index in [1.165, 1.54) is 12.8 Å². The summed E-state index contributed by atoms with van der Waals surface area (Å²) in [4.78, 5) is 15.3. The lowest BCUT2D eigenvalue weighted by molar-refractivity contribution is -0.144. The predicted octanol–water partition coefficient (Wildman–Crippen LogP) is 3.68. The Labute approximate surface area is 184 Å². The van der Waals surface area contributed by atoms with Crippen molar-refractivity contribution in [2.24, 2.45) is 5.73 Å². The summed E-state index contributed by atoms with van der Waals surface area (Å²) in [6, 6.07) is 12.4. The maximum Gasteiger partial charge on any atom is 0.333 e. The maximum atomic E-state index is 12.9. The second-order valence-corrected chi connectivity index (χ2v) is 7.65. The van der Waals surface area contributed by atoms with Gasteiger partial charge in [0.1, 0.15) is 11.6 Å². The summed E-state index contributed by atoms with van der Waals surface area (Å²) in [6.45, 7) is 7.61. The lowest BCUT2D eigenvalue weighted by Gasteiger charge is -2.22. The van der Waals surface area contributed by atoms with Gasteiger partial charge in [-0.1, -0.05) is 6.07 Å². The SMILES string of the molecule is CCOC(=O)C(Nc1ccc(C(=N)N)cc1)c1cc(CN2CCCC2)cc(OCC)c1. The van der Waals surface area contributed by atoms with Crippen molar-refractivity contribution in [1.29, 1.82) is 5.41 Å². The summed E-state index contributed by atoms with van der Waals surface area (Å²) in [6.07, 6.45) is 2.45. The molecule has 7 nitrogen and oxygen atoms in total. The Morgan fingerprint density at radius 2 is 1.84 bits per heavy atom. The summed E-state index contributed by atoms with van der Waals surface area (Å²) < 4.78 is 11.2. The Hall–Kier alpha value is -3.06. The van der Waals surface area contributed by atoms with Crippen LogP contribution in [0.15, 0.2) is 42.5 Å². The number of carbonyl (C=O) groups excluding carboxylic acids is 1. The van der Waals surface area contributed by atoms with Crippen LogP contribution in [0, 0.1) is 5.41 Å². The molecule has 1 aliphatic heterocycles. The molecule has 2 aromatic carbocycles. The van der Waals surface area contributed by atoms with Gasteiger partial charge in [-0.05, 0) is 87.3 Å². The second kappa shape index (κ2) is 10.8. The number of hydrogen-bond acceptors (Lipinski definition) is 6. The van der Waals surface area contributed by atoms with E-state index in [2.05, 4.69) is 22.3 Å². The van der Waals surface area contributed by atoms with Gasteiger partial charge in [-0.2, -0.15) is 0 Å². The number of rotatable bonds is 10. The van der Waals surface area contributed by atoms with E-state index in [-0.39, 0.29) is 11.8 Å². The predicted molar refractivity (Wildman–Crippen MR) is 123 cm³/mol. The average Bonchev–Trinajstić information content (AvgIpc) is 3.25. The van der Waals surface area contributed by atoms with Crippen LogP contribution in [0.2, 0.25) is 0 Å². The molecule has 4 N–H and O–H groups in total. The largest absolute Gasteiger partial charge is 0.494 e. The van der Waals surface area contributed by atoms with Crippen LogP contribution in [-0.4, -0.2) is 43.0 Å². The van der Waals surface area contributed by atoms with E-state index in [1.807, 2.05) is 13.0 Å². The summed E-state index contributed by atoms with van der Waals surface area (Å²) in [5.74, 6) is 0.403. The van der Waals surface area contributed by atoms with Gasteiger partial charge in [0.25, 0.3) is 0 Å². The molecule has 2 aromatic rings. The van der Waals surface area contributed by atoms with Crippen molar-refractivity contribution < 1.29 is 14.3 Å². The summed E-state index contributed by atoms with van der Waals surface area (Å²) >= 11 is 0. The molecular weight excluding hydrogens is 392 g/mol. The molecule has 0 saturated carbocycles. The molecule has 1 aliphatic rings. The highest BCUT2D eigenvalue weighted by molar-refractivity contribution is 5.95. The number of nitrogen functional groups attached to an aromatic ring is 1. The Balaban J connectivity index is 1.91. The van der Waals surface area contributed by atoms with E-state index in [0.717, 1.165) is 42.2 Å². The smallest absolute Gasteiger partial charge is 0.333 e. The van der Waals surface area contributed by atoms with Crippen molar-refractivity contribution in [3.63, 3.8) is 0 Å². The molecule has 1 heterocycles. The number of nitrogens with two attached hydrogens (primary N) is 1. The minimum atomic E-state index is -0.680. The van der Waals surface area contributed by atoms with Crippen LogP contribution in [0.4, 0.5) is 5.69 Å². The Kier molecular flexibility index (Phi) is 7.89. The highest BCUT2D eigenvalue weighted by atomic mass is 16.5. The van der Waals surface area contributed by atoms with Crippen LogP contribution in [-0.2, 0) is 16.1 Å². The molecule has 1 fully saturated rings. The zero-order chi connectivity index (χ0) is 22.2. The molecule has 0 amide bonds. The van der Waals surface area contributed by atoms with Crippen LogP contribution >= 0.6 is 0 Å². The van der Waals surface area contributed by atoms with Gasteiger partial charge in [0.15, 0.2) is 6.04 Å². The second-order valence-electron chi connectivity index (χ2n) is 7.65. The number of benzene rings is 2. The molecule has 0 radical (unpaired) electrons. The van der Waals surface area contributed by atoms with Crippen molar-refractivity contribution in [1.82, 2.24) is 4.90 Å². The van der Waals surface area contributed by atoms with Crippen LogP contribution in [0.3, 0.4) is 0 Å². The lowest BCUT2D eigenvalue weighted by Crippen LogP contribution is -2.24. The van der Waals surface area contributed by atoms with Gasteiger partial charge in [0, 0.05) is 17.8 Å². The molecule has 0 bridgehead atoms. The molecule has 1 unspecified atom stereocenters. The van der Waals surface area contributed by atoms with Crippen LogP contribution < -0.4 is 15.8 Å². The number of carbonyl (C=O) groups is 1. The fraction of sp³-hybridized carbons (Fsp3) is 0.417. The van der Waals surface area contributed by atoms with E-state index in [4.69, 9.17) is 20.6 Å². The van der Waals surface area contributed by atoms with Crippen molar-refractivity contribution in [3.05, 3.63) is 59.2 Å². The molecule has 7 heteroatoms. The number of amidine groups is 1. The Bertz CT molecular complexity index is 892. The molecule has 3 rings (SSSR count). The van der Waals surface area contributed by atoms with Crippen LogP contribution in [0.1, 0.15) is 49.4 Å². The number of nitrogens with one attached hydrogen (secondary N) is 2. The van der Waals surface area contributed by atoms with E-state index in [1.54, 1.807) is 31.2 Å². The highest BCUT2D eigenvalue weighted by Gasteiger charge is 2.24. The molecule has 31 heavy (non-hydrogen) atoms. The zero-order valence-corrected chi connectivity index (χ0v) is 18.3. The number of ether oxygens (including phenoxy) is 2. The minimum Gasteiger partial charge on any atom is -0.494 e. The van der Waals surface area contributed by atoms with Crippen molar-refractivity contribution in [2.45, 2.75) is 39.3 Å². The lowest BCUT2D eigenvalue weighted by atomic mass is 10.0. The summed E-state index contributed by atoms with van der Waals surface area (Å²) in [5.41, 5.74) is 8.83. The van der Waals surface area contributed by atoms with Crippen LogP contribution in [0.25, 0.3) is 0 Å². The van der Waals surface area contributed by atoms with Gasteiger partial charge >= 0.3 is 5.97 Å². The zero-order valence-electron chi connectivity index (χ0n) is 18.3. The first-order valence-electron chi connectivity index (χ1n) is 10.9. The third-order valence-electron chi connectivity index (χ3n) is 5.27. The highest BCUT2D eigenvalue weighted by Crippen LogP contribution is 2.28. The van der Waals surface area contributed by atoms with Gasteiger partial charge in [-0.3, -0.25) is 10.3 Å². The van der Waals surface area contributed by atoms with Gasteiger partial charge in [-0.25, -0.2) is 4.79 Å². The molecule has 0 spiro atoms. The van der Waals surface area contributed by atoms with Crippen molar-refractivity contribution in [2.75, 3.05) is 31.6 Å². The monoisotopic (exact) mass is 424 g/mol. The number of likely N-dealkylation sites (tertiary alicyclic amines) is 1. The normalized spacial score (nSPS) is 14.8. The standard InChI is InChI=1S/C24H32N4O3/c1-3-30-21-14-17(16-28-11-5-6-12-28)13-19(15-21)22(24(29)31-4-2)27-20-9-7-18(8-10-20)23(25)26/h7-10,13-15,22,27H,3-6,11-12,16H2,1-2H3,(H3,25,26). The fourth-order valence-corrected chi connectivity index (χ4v) is 3.81. The van der Waals surface area contributed by atoms with Gasteiger partial charge in [0.05, 0.1) is 13.2 Å². The number of anilines is 1. The van der Waals surface area contributed by atoms with Crippen molar-refractivity contribution >= 4 is 17.5 Å². The fourth-order valence-electron chi connectivity index (χ4n) is 3.81. The third-order valence-corrected chi connectivity index (χ3v) is 5.27. The molecule has 1 saturated heterocycles. The topological polar surface area (TPSA) is 101 Å². The van der Waals surface area contributed by atoms with E-state index >= 15 is 0 Å². The third kappa shape index (κ3) is 6.21. The molecule has 0 aromatic heterocycles. The summed E-state index contributed by atoms with van der Waals surface area (Å²) in [7, 11) is 0. The molecule has 166 valence electrons. The maximum absolute atomic E-state index is 12.9. The van der Waals surface area contributed by atoms with Gasteiger partial charge in [0.2, 0.25) is 0 Å². The number of esters is 1. The van der Waals surface area contributed by atoms with E-state index in [0.29, 0.717) is 18.8 Å². The Morgan fingerprint density at radius 1 is 1.13 bits per heavy atom. The number of hydrogen-bond donors (Lipinski definition) is 3. The first-order valence-corrected chi connectivity index (χ1v) is 10.9. The van der Waals surface area contributed by atoms with Crippen LogP contribution in [0.5, 0.6) is 5.75 Å². The average molecular weight is 425 g/mol. The van der Waals surface area contributed by atoms with Gasteiger partial charge < -0.3 is 20.5 Å². The summed E-state index contributed by atoms with van der Waals surface area (Å²) in [5, 5.41) is 10.8. The Morgan fingerprint density at radius 3 is 2.45 bits per heavy atom.